The second kappa shape index (κ2) is 16.9. The Hall–Kier alpha value is -2.94. The molecule has 2 heterocycles. The van der Waals surface area contributed by atoms with E-state index < -0.39 is 20.0 Å². The molecule has 2 fully saturated rings. The monoisotopic (exact) mass is 744 g/mol. The van der Waals surface area contributed by atoms with Crippen molar-refractivity contribution in [1.29, 1.82) is 0 Å². The third kappa shape index (κ3) is 10.5. The van der Waals surface area contributed by atoms with Crippen molar-refractivity contribution in [2.45, 2.75) is 23.6 Å². The number of aromatic nitrogens is 2. The van der Waals surface area contributed by atoms with Crippen LogP contribution in [0.1, 0.15) is 13.8 Å². The van der Waals surface area contributed by atoms with Gasteiger partial charge in [-0.3, -0.25) is 19.4 Å². The molecule has 47 heavy (non-hydrogen) atoms. The first-order chi connectivity index (χ1) is 22.1. The molecule has 2 aliphatic carbocycles. The summed E-state index contributed by atoms with van der Waals surface area (Å²) in [4.78, 5) is 17.2. The Bertz CT molecular complexity index is 1700. The predicted molar refractivity (Wildman–Crippen MR) is 185 cm³/mol. The van der Waals surface area contributed by atoms with Crippen LogP contribution >= 0.6 is 22.7 Å². The largest absolute Gasteiger partial charge is 0.263 e. The summed E-state index contributed by atoms with van der Waals surface area (Å²) in [5.41, 5.74) is 3.17. The van der Waals surface area contributed by atoms with Gasteiger partial charge in [-0.2, -0.15) is 0 Å². The first kappa shape index (κ1) is 36.9. The molecule has 10 radical (unpaired) electrons. The Morgan fingerprint density at radius 2 is 0.936 bits per heavy atom. The van der Waals surface area contributed by atoms with Crippen LogP contribution in [0.15, 0.2) is 91.5 Å². The fourth-order valence-corrected chi connectivity index (χ4v) is 7.62. The summed E-state index contributed by atoms with van der Waals surface area (Å²) in [6.07, 6.45) is 18.8. The van der Waals surface area contributed by atoms with Crippen LogP contribution in [0.5, 0.6) is 0 Å². The Morgan fingerprint density at radius 3 is 1.23 bits per heavy atom. The van der Waals surface area contributed by atoms with Crippen LogP contribution in [0.25, 0.3) is 0 Å². The smallest absolute Gasteiger partial charge is 0.257 e. The molecular weight excluding hydrogens is 717 g/mol. The van der Waals surface area contributed by atoms with E-state index in [-0.39, 0.29) is 26.9 Å². The number of hydrogen-bond donors (Lipinski definition) is 2. The van der Waals surface area contributed by atoms with Gasteiger partial charge >= 0.3 is 0 Å². The van der Waals surface area contributed by atoms with Crippen molar-refractivity contribution >= 4 is 75.8 Å². The molecule has 0 atom stereocenters. The number of thiazole rings is 2. The maximum Gasteiger partial charge on any atom is 0.263 e. The van der Waals surface area contributed by atoms with Crippen molar-refractivity contribution in [2.75, 3.05) is 9.44 Å². The van der Waals surface area contributed by atoms with Gasteiger partial charge in [-0.15, -0.1) is 22.7 Å². The molecule has 0 aliphatic heterocycles. The molecule has 4 aromatic rings. The van der Waals surface area contributed by atoms with Gasteiger partial charge in [0.2, 0.25) is 0 Å². The van der Waals surface area contributed by atoms with E-state index in [1.54, 1.807) is 47.4 Å². The molecule has 0 saturated heterocycles. The Kier molecular flexibility index (Phi) is 13.3. The molecule has 2 aliphatic rings. The van der Waals surface area contributed by atoms with Gasteiger partial charge in [0.15, 0.2) is 10.3 Å². The molecular formula is C32H28FeN6O4S4. The van der Waals surface area contributed by atoms with Crippen LogP contribution in [0.4, 0.5) is 21.6 Å². The van der Waals surface area contributed by atoms with Crippen LogP contribution in [0.3, 0.4) is 0 Å². The second-order valence-electron chi connectivity index (χ2n) is 9.61. The van der Waals surface area contributed by atoms with Gasteiger partial charge in [0, 0.05) is 63.5 Å². The fraction of sp³-hybridized carbons (Fsp3) is 0.0625. The first-order valence-electron chi connectivity index (χ1n) is 13.7. The van der Waals surface area contributed by atoms with Crippen LogP contribution in [0, 0.1) is 63.2 Å². The number of nitrogens with one attached hydrogen (secondary N) is 2. The molecule has 2 N–H and O–H groups in total. The van der Waals surface area contributed by atoms with Crippen LogP contribution in [-0.2, 0) is 37.1 Å². The van der Waals surface area contributed by atoms with Gasteiger partial charge in [-0.05, 0) is 114 Å². The summed E-state index contributed by atoms with van der Waals surface area (Å²) in [5, 5.41) is 4.11. The molecule has 2 aromatic heterocycles. The summed E-state index contributed by atoms with van der Waals surface area (Å²) in [7, 11) is -7.24. The summed E-state index contributed by atoms with van der Waals surface area (Å²) in [5.74, 6) is 2.10. The van der Waals surface area contributed by atoms with Gasteiger partial charge < -0.3 is 0 Å². The minimum absolute atomic E-state index is 0. The molecule has 2 saturated carbocycles. The van der Waals surface area contributed by atoms with Gasteiger partial charge in [0.25, 0.3) is 20.0 Å². The third-order valence-corrected chi connectivity index (χ3v) is 10.7. The van der Waals surface area contributed by atoms with E-state index in [4.69, 9.17) is 0 Å². The van der Waals surface area contributed by atoms with E-state index >= 15 is 0 Å². The van der Waals surface area contributed by atoms with Gasteiger partial charge in [0.05, 0.1) is 21.2 Å². The van der Waals surface area contributed by atoms with E-state index in [9.17, 15) is 16.8 Å². The molecule has 242 valence electrons. The van der Waals surface area contributed by atoms with Crippen molar-refractivity contribution in [2.24, 2.45) is 9.98 Å². The number of nitrogens with zero attached hydrogens (tertiary/aromatic N) is 4. The number of benzene rings is 2. The zero-order chi connectivity index (χ0) is 32.6. The molecule has 6 rings (SSSR count). The SMILES string of the molecule is CC(=Nc1ccc(S(=O)(=O)Nc2nccs2)cc1)[C]1[CH][CH][CH][CH]1.CC(=Nc1ccc(S(=O)(=O)Nc2nccs2)cc1)[C]1[CH][CH][CH][CH]1.[Fe]. The van der Waals surface area contributed by atoms with Gasteiger partial charge in [-0.1, -0.05) is 0 Å². The first-order valence-corrected chi connectivity index (χ1v) is 18.4. The number of sulfonamides is 2. The zero-order valence-electron chi connectivity index (χ0n) is 25.0. The van der Waals surface area contributed by atoms with E-state index in [0.717, 1.165) is 23.3 Å². The maximum atomic E-state index is 12.2. The van der Waals surface area contributed by atoms with Crippen LogP contribution < -0.4 is 9.44 Å². The van der Waals surface area contributed by atoms with Gasteiger partial charge in [-0.25, -0.2) is 26.8 Å². The predicted octanol–water partition coefficient (Wildman–Crippen LogP) is 6.88. The van der Waals surface area contributed by atoms with Crippen molar-refractivity contribution in [3.8, 4) is 0 Å². The molecule has 2 aromatic carbocycles. The minimum atomic E-state index is -3.62. The summed E-state index contributed by atoms with van der Waals surface area (Å²) < 4.78 is 53.8. The van der Waals surface area contributed by atoms with Gasteiger partial charge in [0.1, 0.15) is 0 Å². The molecule has 10 nitrogen and oxygen atoms in total. The van der Waals surface area contributed by atoms with Crippen molar-refractivity contribution in [1.82, 2.24) is 9.97 Å². The molecule has 0 spiro atoms. The van der Waals surface area contributed by atoms with Crippen LogP contribution in [0.2, 0.25) is 0 Å². The number of aliphatic imine (C=N–C) groups is 2. The van der Waals surface area contributed by atoms with E-state index in [0.29, 0.717) is 21.6 Å². The van der Waals surface area contributed by atoms with Crippen molar-refractivity contribution in [3.05, 3.63) is 135 Å². The Morgan fingerprint density at radius 1 is 0.596 bits per heavy atom. The fourth-order valence-electron chi connectivity index (χ4n) is 4.04. The summed E-state index contributed by atoms with van der Waals surface area (Å²) in [6.45, 7) is 3.84. The summed E-state index contributed by atoms with van der Waals surface area (Å²) >= 11 is 2.46. The Balaban J connectivity index is 0.000000208. The zero-order valence-corrected chi connectivity index (χ0v) is 29.3. The van der Waals surface area contributed by atoms with E-state index in [2.05, 4.69) is 29.4 Å². The third-order valence-electron chi connectivity index (χ3n) is 6.36. The average molecular weight is 745 g/mol. The molecule has 0 amide bonds. The second-order valence-corrected chi connectivity index (χ2v) is 14.8. The average Bonchev–Trinajstić information content (AvgIpc) is 3.87. The number of anilines is 2. The number of hydrogen-bond acceptors (Lipinski definition) is 10. The Labute approximate surface area is 295 Å². The van der Waals surface area contributed by atoms with Crippen LogP contribution in [-0.4, -0.2) is 38.2 Å². The topological polar surface area (TPSA) is 143 Å². The standard InChI is InChI=1S/2C16H14N3O2S2.Fe/c2*1-12(13-4-2-3-5-13)18-14-6-8-15(9-7-14)23(20,21)19-16-17-10-11-22-16;/h2*2-11H,1H3,(H,17,19);. The molecule has 0 bridgehead atoms. The number of rotatable bonds is 10. The van der Waals surface area contributed by atoms with Crippen molar-refractivity contribution in [3.63, 3.8) is 0 Å². The molecule has 15 heteroatoms. The maximum absolute atomic E-state index is 12.2. The van der Waals surface area contributed by atoms with E-state index in [1.165, 1.54) is 46.9 Å². The quantitative estimate of drug-likeness (QED) is 0.134. The van der Waals surface area contributed by atoms with E-state index in [1.807, 2.05) is 65.2 Å². The summed E-state index contributed by atoms with van der Waals surface area (Å²) in [6, 6.07) is 12.9. The molecule has 0 unspecified atom stereocenters. The van der Waals surface area contributed by atoms with Crippen molar-refractivity contribution < 1.29 is 33.9 Å². The normalized spacial score (nSPS) is 16.3. The minimum Gasteiger partial charge on any atom is -0.257 e.